The Kier molecular flexibility index (Phi) is 8.40. The number of hydrogen-bond acceptors (Lipinski definition) is 1. The van der Waals surface area contributed by atoms with E-state index in [2.05, 4.69) is 19.7 Å². The maximum absolute atomic E-state index is 12.6. The molecule has 0 aromatic heterocycles. The van der Waals surface area contributed by atoms with Crippen molar-refractivity contribution in [2.45, 2.75) is 26.4 Å². The van der Waals surface area contributed by atoms with E-state index in [1.54, 1.807) is 6.07 Å². The minimum absolute atomic E-state index is 0.125. The van der Waals surface area contributed by atoms with Crippen molar-refractivity contribution >= 4 is 13.6 Å². The first kappa shape index (κ1) is 14.1. The third-order valence-electron chi connectivity index (χ3n) is 1.64. The molecule has 0 radical (unpaired) electrons. The van der Waals surface area contributed by atoms with Gasteiger partial charge in [0.1, 0.15) is 0 Å². The predicted molar refractivity (Wildman–Crippen MR) is 54.5 cm³/mol. The number of benzene rings is 1. The van der Waals surface area contributed by atoms with E-state index in [4.69, 9.17) is 4.74 Å². The molecule has 14 heavy (non-hydrogen) atoms. The first-order valence-corrected chi connectivity index (χ1v) is 11.3. The average Bonchev–Trinajstić information content (AvgIpc) is 2.21. The van der Waals surface area contributed by atoms with Crippen LogP contribution in [0.25, 0.3) is 0 Å². The van der Waals surface area contributed by atoms with Crippen molar-refractivity contribution < 1.29 is 25.5 Å². The standard InChI is InChI=1S/C10H12FO.BrH.Zn/c1-3-8(2)12-10-6-4-5-9(11)7-10;;/h5-8H,3H2,1-2H3;1H;/q-1;;+2/p-1. The van der Waals surface area contributed by atoms with Gasteiger partial charge in [0.05, 0.1) is 6.10 Å². The molecule has 0 spiro atoms. The SMILES string of the molecule is CCC(C)Oc1c[c-]cc(F)c1.[Zn+][Br]. The molecule has 1 rings (SSSR count). The van der Waals surface area contributed by atoms with Gasteiger partial charge in [0.2, 0.25) is 0 Å². The van der Waals surface area contributed by atoms with Gasteiger partial charge >= 0.3 is 30.0 Å². The van der Waals surface area contributed by atoms with Gasteiger partial charge in [-0.15, -0.1) is 12.1 Å². The molecule has 0 saturated carbocycles. The van der Waals surface area contributed by atoms with Crippen LogP contribution in [0.4, 0.5) is 4.39 Å². The van der Waals surface area contributed by atoms with Gasteiger partial charge in [-0.1, -0.05) is 13.0 Å². The van der Waals surface area contributed by atoms with Gasteiger partial charge < -0.3 is 4.74 Å². The summed E-state index contributed by atoms with van der Waals surface area (Å²) in [6, 6.07) is 6.94. The Balaban J connectivity index is 0.000000791. The fraction of sp³-hybridized carbons (Fsp3) is 0.400. The topological polar surface area (TPSA) is 9.23 Å². The van der Waals surface area contributed by atoms with Crippen LogP contribution in [0.15, 0.2) is 18.2 Å². The normalized spacial score (nSPS) is 11.3. The van der Waals surface area contributed by atoms with E-state index in [0.717, 1.165) is 6.42 Å². The van der Waals surface area contributed by atoms with E-state index in [0.29, 0.717) is 5.75 Å². The fourth-order valence-electron chi connectivity index (χ4n) is 0.806. The molecule has 4 heteroatoms. The molecular weight excluding hydrogens is 300 g/mol. The van der Waals surface area contributed by atoms with E-state index in [1.165, 1.54) is 28.5 Å². The zero-order valence-corrected chi connectivity index (χ0v) is 12.9. The van der Waals surface area contributed by atoms with Crippen LogP contribution < -0.4 is 4.74 Å². The van der Waals surface area contributed by atoms with E-state index < -0.39 is 0 Å². The summed E-state index contributed by atoms with van der Waals surface area (Å²) >= 11 is 4.25. The molecule has 1 atom stereocenters. The fourth-order valence-corrected chi connectivity index (χ4v) is 0.806. The first-order valence-electron chi connectivity index (χ1n) is 4.32. The van der Waals surface area contributed by atoms with Gasteiger partial charge in [-0.2, -0.15) is 6.07 Å². The molecule has 1 aromatic rings. The molecule has 74 valence electrons. The summed E-state index contributed by atoms with van der Waals surface area (Å²) < 4.78 is 18.0. The van der Waals surface area contributed by atoms with Crippen LogP contribution in [0.3, 0.4) is 0 Å². The third kappa shape index (κ3) is 5.71. The van der Waals surface area contributed by atoms with Crippen molar-refractivity contribution in [3.8, 4) is 5.75 Å². The summed E-state index contributed by atoms with van der Waals surface area (Å²) in [6.07, 6.45) is 1.04. The molecule has 1 aromatic carbocycles. The van der Waals surface area contributed by atoms with Crippen LogP contribution in [0.5, 0.6) is 5.75 Å². The molecule has 0 bridgehead atoms. The quantitative estimate of drug-likeness (QED) is 0.611. The van der Waals surface area contributed by atoms with Gasteiger partial charge in [-0.3, -0.25) is 4.39 Å². The first-order chi connectivity index (χ1) is 6.72. The Labute approximate surface area is 101 Å². The third-order valence-corrected chi connectivity index (χ3v) is 1.64. The molecule has 0 saturated heterocycles. The Morgan fingerprint density at radius 2 is 2.21 bits per heavy atom. The summed E-state index contributed by atoms with van der Waals surface area (Å²) in [4.78, 5) is 0. The number of ether oxygens (including phenoxy) is 1. The Hall–Kier alpha value is 0.0534. The van der Waals surface area contributed by atoms with Gasteiger partial charge in [0.15, 0.2) is 0 Å². The van der Waals surface area contributed by atoms with Crippen LogP contribution in [0, 0.1) is 11.9 Å². The van der Waals surface area contributed by atoms with Crippen molar-refractivity contribution in [1.82, 2.24) is 0 Å². The molecule has 0 aliphatic rings. The van der Waals surface area contributed by atoms with Crippen LogP contribution in [-0.4, -0.2) is 6.10 Å². The molecule has 0 heterocycles. The van der Waals surface area contributed by atoms with Crippen molar-refractivity contribution in [2.24, 2.45) is 0 Å². The van der Waals surface area contributed by atoms with Crippen LogP contribution >= 0.6 is 13.6 Å². The second-order valence-corrected chi connectivity index (χ2v) is 2.72. The number of halogens is 2. The zero-order chi connectivity index (χ0) is 11.0. The van der Waals surface area contributed by atoms with Crippen LogP contribution in [0.2, 0.25) is 0 Å². The Bertz CT molecular complexity index is 258. The average molecular weight is 312 g/mol. The van der Waals surface area contributed by atoms with Crippen molar-refractivity contribution in [3.05, 3.63) is 30.1 Å². The molecule has 1 unspecified atom stereocenters. The predicted octanol–water partition coefficient (Wildman–Crippen LogP) is 3.65. The second-order valence-electron chi connectivity index (χ2n) is 2.72. The summed E-state index contributed by atoms with van der Waals surface area (Å²) in [5.74, 6) is 0.236. The summed E-state index contributed by atoms with van der Waals surface area (Å²) in [5.41, 5.74) is 0. The van der Waals surface area contributed by atoms with Crippen molar-refractivity contribution in [1.29, 1.82) is 0 Å². The van der Waals surface area contributed by atoms with E-state index in [9.17, 15) is 4.39 Å². The Morgan fingerprint density at radius 1 is 1.57 bits per heavy atom. The molecule has 0 aliphatic carbocycles. The number of rotatable bonds is 3. The van der Waals surface area contributed by atoms with Crippen molar-refractivity contribution in [2.75, 3.05) is 0 Å². The zero-order valence-electron chi connectivity index (χ0n) is 8.39. The molecule has 0 N–H and O–H groups in total. The summed E-state index contributed by atoms with van der Waals surface area (Å²) in [6.45, 7) is 3.97. The van der Waals surface area contributed by atoms with E-state index in [1.807, 2.05) is 13.8 Å². The van der Waals surface area contributed by atoms with Crippen LogP contribution in [-0.2, 0) is 16.3 Å². The molecule has 1 nitrogen and oxygen atoms in total. The van der Waals surface area contributed by atoms with Gasteiger partial charge in [-0.25, -0.2) is 0 Å². The van der Waals surface area contributed by atoms with Gasteiger partial charge in [-0.05, 0) is 13.3 Å². The number of hydrogen-bond donors (Lipinski definition) is 0. The summed E-state index contributed by atoms with van der Waals surface area (Å²) in [7, 11) is 0. The van der Waals surface area contributed by atoms with E-state index in [-0.39, 0.29) is 11.9 Å². The van der Waals surface area contributed by atoms with Crippen molar-refractivity contribution in [3.63, 3.8) is 0 Å². The minimum atomic E-state index is -0.309. The monoisotopic (exact) mass is 310 g/mol. The van der Waals surface area contributed by atoms with Gasteiger partial charge in [0, 0.05) is 11.6 Å². The summed E-state index contributed by atoms with van der Waals surface area (Å²) in [5, 5.41) is 0. The molecule has 0 amide bonds. The van der Waals surface area contributed by atoms with E-state index >= 15 is 0 Å². The second kappa shape index (κ2) is 8.37. The van der Waals surface area contributed by atoms with Crippen LogP contribution in [0.1, 0.15) is 20.3 Å². The molecule has 0 aliphatic heterocycles. The van der Waals surface area contributed by atoms with Gasteiger partial charge in [0.25, 0.3) is 0 Å². The maximum atomic E-state index is 12.6. The molecule has 0 fully saturated rings. The molecular formula is C10H12BrFOZn. The Morgan fingerprint density at radius 3 is 2.71 bits per heavy atom.